The third kappa shape index (κ3) is 5.90. The minimum atomic E-state index is -0.426. The standard InChI is InChI=1S/C29H32Cl2N4O3/c1-5-38-25-18-23(37-4)14-15-24(25)28-33-26(19-6-10-21(30)11-7-19)27(20-8-12-22(31)13-9-20)35(28)29(36)34(3)17-16-32-2/h6-15,18,26-27,32H,5,16-17H2,1-4H3. The Balaban J connectivity index is 1.92. The zero-order valence-corrected chi connectivity index (χ0v) is 23.5. The first-order chi connectivity index (χ1) is 18.4. The number of amidine groups is 1. The number of methoxy groups -OCH3 is 1. The summed E-state index contributed by atoms with van der Waals surface area (Å²) in [7, 11) is 5.26. The molecule has 1 N–H and O–H groups in total. The Hall–Kier alpha value is -3.26. The molecule has 2 unspecified atom stereocenters. The minimum Gasteiger partial charge on any atom is -0.497 e. The summed E-state index contributed by atoms with van der Waals surface area (Å²) in [5, 5.41) is 4.36. The summed E-state index contributed by atoms with van der Waals surface area (Å²) >= 11 is 12.4. The molecule has 2 atom stereocenters. The van der Waals surface area contributed by atoms with E-state index >= 15 is 0 Å². The summed E-state index contributed by atoms with van der Waals surface area (Å²) in [6, 6.07) is 19.7. The fourth-order valence-electron chi connectivity index (χ4n) is 4.50. The van der Waals surface area contributed by atoms with E-state index in [0.29, 0.717) is 52.6 Å². The van der Waals surface area contributed by atoms with E-state index in [-0.39, 0.29) is 12.1 Å². The van der Waals surface area contributed by atoms with Gasteiger partial charge in [-0.05, 0) is 61.5 Å². The van der Waals surface area contributed by atoms with Crippen LogP contribution in [0.3, 0.4) is 0 Å². The molecule has 3 aromatic carbocycles. The SMILES string of the molecule is CCOc1cc(OC)ccc1C1=NC(c2ccc(Cl)cc2)C(c2ccc(Cl)cc2)N1C(=O)N(C)CCNC. The van der Waals surface area contributed by atoms with Gasteiger partial charge in [0.2, 0.25) is 0 Å². The number of rotatable bonds is 9. The predicted molar refractivity (Wildman–Crippen MR) is 153 cm³/mol. The van der Waals surface area contributed by atoms with Crippen LogP contribution in [0.5, 0.6) is 11.5 Å². The lowest BCUT2D eigenvalue weighted by Gasteiger charge is -2.33. The molecule has 0 saturated carbocycles. The van der Waals surface area contributed by atoms with Crippen LogP contribution < -0.4 is 14.8 Å². The van der Waals surface area contributed by atoms with Crippen molar-refractivity contribution in [3.8, 4) is 11.5 Å². The number of urea groups is 1. The van der Waals surface area contributed by atoms with Gasteiger partial charge in [-0.15, -0.1) is 0 Å². The molecule has 7 nitrogen and oxygen atoms in total. The van der Waals surface area contributed by atoms with Crippen molar-refractivity contribution in [1.82, 2.24) is 15.1 Å². The summed E-state index contributed by atoms with van der Waals surface area (Å²) in [6.07, 6.45) is 0. The molecule has 0 aromatic heterocycles. The van der Waals surface area contributed by atoms with Gasteiger partial charge in [0.25, 0.3) is 0 Å². The number of carbonyl (C=O) groups excluding carboxylic acids is 1. The number of halogens is 2. The van der Waals surface area contributed by atoms with Crippen molar-refractivity contribution in [1.29, 1.82) is 0 Å². The fourth-order valence-corrected chi connectivity index (χ4v) is 4.75. The molecule has 0 bridgehead atoms. The average molecular weight is 556 g/mol. The highest BCUT2D eigenvalue weighted by Crippen LogP contribution is 2.45. The van der Waals surface area contributed by atoms with E-state index in [2.05, 4.69) is 5.32 Å². The third-order valence-electron chi connectivity index (χ3n) is 6.45. The maximum Gasteiger partial charge on any atom is 0.326 e. The maximum atomic E-state index is 14.1. The summed E-state index contributed by atoms with van der Waals surface area (Å²) in [4.78, 5) is 22.8. The molecule has 200 valence electrons. The van der Waals surface area contributed by atoms with E-state index in [9.17, 15) is 4.79 Å². The highest BCUT2D eigenvalue weighted by atomic mass is 35.5. The maximum absolute atomic E-state index is 14.1. The van der Waals surface area contributed by atoms with Crippen molar-refractivity contribution in [3.63, 3.8) is 0 Å². The molecule has 0 saturated heterocycles. The number of nitrogens with zero attached hydrogens (tertiary/aromatic N) is 3. The Morgan fingerprint density at radius 3 is 2.24 bits per heavy atom. The zero-order chi connectivity index (χ0) is 27.2. The van der Waals surface area contributed by atoms with Gasteiger partial charge in [-0.1, -0.05) is 47.5 Å². The average Bonchev–Trinajstić information content (AvgIpc) is 3.32. The number of hydrogen-bond acceptors (Lipinski definition) is 5. The van der Waals surface area contributed by atoms with Crippen molar-refractivity contribution in [3.05, 3.63) is 93.5 Å². The molecule has 0 aliphatic carbocycles. The highest BCUT2D eigenvalue weighted by Gasteiger charge is 2.44. The van der Waals surface area contributed by atoms with Crippen molar-refractivity contribution >= 4 is 35.1 Å². The number of benzene rings is 3. The molecule has 1 aliphatic rings. The first-order valence-electron chi connectivity index (χ1n) is 12.5. The van der Waals surface area contributed by atoms with Crippen LogP contribution in [0.15, 0.2) is 71.7 Å². The molecule has 0 radical (unpaired) electrons. The number of nitrogens with one attached hydrogen (secondary N) is 1. The van der Waals surface area contributed by atoms with Crippen LogP contribution in [0.4, 0.5) is 4.79 Å². The lowest BCUT2D eigenvalue weighted by Crippen LogP contribution is -2.46. The van der Waals surface area contributed by atoms with E-state index in [4.69, 9.17) is 37.7 Å². The molecular weight excluding hydrogens is 523 g/mol. The van der Waals surface area contributed by atoms with E-state index in [1.54, 1.807) is 24.0 Å². The van der Waals surface area contributed by atoms with Gasteiger partial charge in [0.05, 0.1) is 25.3 Å². The van der Waals surface area contributed by atoms with Crippen molar-refractivity contribution in [2.24, 2.45) is 4.99 Å². The zero-order valence-electron chi connectivity index (χ0n) is 21.9. The summed E-state index contributed by atoms with van der Waals surface area (Å²) in [5.74, 6) is 1.77. The molecule has 4 rings (SSSR count). The van der Waals surface area contributed by atoms with Crippen LogP contribution in [-0.4, -0.2) is 62.6 Å². The molecule has 0 spiro atoms. The Kier molecular flexibility index (Phi) is 9.15. The topological polar surface area (TPSA) is 66.4 Å². The van der Waals surface area contributed by atoms with E-state index < -0.39 is 6.04 Å². The van der Waals surface area contributed by atoms with Gasteiger partial charge in [-0.3, -0.25) is 9.89 Å². The van der Waals surface area contributed by atoms with Crippen molar-refractivity contribution < 1.29 is 14.3 Å². The second-order valence-electron chi connectivity index (χ2n) is 8.92. The smallest absolute Gasteiger partial charge is 0.326 e. The number of carbonyl (C=O) groups is 1. The van der Waals surface area contributed by atoms with Gasteiger partial charge in [0.15, 0.2) is 0 Å². The Bertz CT molecular complexity index is 1280. The highest BCUT2D eigenvalue weighted by molar-refractivity contribution is 6.30. The third-order valence-corrected chi connectivity index (χ3v) is 6.95. The van der Waals surface area contributed by atoms with E-state index in [0.717, 1.165) is 11.1 Å². The quantitative estimate of drug-likeness (QED) is 0.341. The molecule has 2 amide bonds. The molecule has 0 fully saturated rings. The van der Waals surface area contributed by atoms with Gasteiger partial charge >= 0.3 is 6.03 Å². The molecule has 38 heavy (non-hydrogen) atoms. The van der Waals surface area contributed by atoms with Crippen LogP contribution >= 0.6 is 23.2 Å². The lowest BCUT2D eigenvalue weighted by atomic mass is 9.93. The van der Waals surface area contributed by atoms with Crippen molar-refractivity contribution in [2.75, 3.05) is 40.9 Å². The van der Waals surface area contributed by atoms with Gasteiger partial charge in [-0.25, -0.2) is 4.79 Å². The second-order valence-corrected chi connectivity index (χ2v) is 9.79. The first kappa shape index (κ1) is 27.8. The molecule has 1 aliphatic heterocycles. The molecule has 3 aromatic rings. The molecule has 9 heteroatoms. The van der Waals surface area contributed by atoms with Crippen LogP contribution in [0.25, 0.3) is 0 Å². The Morgan fingerprint density at radius 2 is 1.66 bits per heavy atom. The van der Waals surface area contributed by atoms with Gasteiger partial charge in [0.1, 0.15) is 23.4 Å². The Labute approximate surface area is 234 Å². The van der Waals surface area contributed by atoms with Gasteiger partial charge in [-0.2, -0.15) is 0 Å². The second kappa shape index (κ2) is 12.5. The predicted octanol–water partition coefficient (Wildman–Crippen LogP) is 6.22. The van der Waals surface area contributed by atoms with E-state index in [1.807, 2.05) is 80.7 Å². The number of hydrogen-bond donors (Lipinski definition) is 1. The van der Waals surface area contributed by atoms with Gasteiger partial charge in [0, 0.05) is 36.2 Å². The van der Waals surface area contributed by atoms with Crippen LogP contribution in [0.2, 0.25) is 10.0 Å². The summed E-state index contributed by atoms with van der Waals surface area (Å²) < 4.78 is 11.4. The largest absolute Gasteiger partial charge is 0.497 e. The van der Waals surface area contributed by atoms with Crippen LogP contribution in [0.1, 0.15) is 35.7 Å². The summed E-state index contributed by atoms with van der Waals surface area (Å²) in [6.45, 7) is 3.55. The van der Waals surface area contributed by atoms with Crippen LogP contribution in [-0.2, 0) is 0 Å². The van der Waals surface area contributed by atoms with Crippen LogP contribution in [0, 0.1) is 0 Å². The normalized spacial score (nSPS) is 16.8. The van der Waals surface area contributed by atoms with E-state index in [1.165, 1.54) is 0 Å². The first-order valence-corrected chi connectivity index (χ1v) is 13.2. The van der Waals surface area contributed by atoms with Crippen molar-refractivity contribution in [2.45, 2.75) is 19.0 Å². The molecule has 1 heterocycles. The number of amides is 2. The Morgan fingerprint density at radius 1 is 1.03 bits per heavy atom. The van der Waals surface area contributed by atoms with Gasteiger partial charge < -0.3 is 19.7 Å². The fraction of sp³-hybridized carbons (Fsp3) is 0.310. The summed E-state index contributed by atoms with van der Waals surface area (Å²) in [5.41, 5.74) is 2.56. The number of ether oxygens (including phenoxy) is 2. The monoisotopic (exact) mass is 554 g/mol. The minimum absolute atomic E-state index is 0.173. The number of aliphatic imine (C=N–C) groups is 1. The number of likely N-dealkylation sites (N-methyl/N-ethyl adjacent to an activating group) is 2. The lowest BCUT2D eigenvalue weighted by molar-refractivity contribution is 0.174. The molecular formula is C29H32Cl2N4O3.